The zero-order valence-electron chi connectivity index (χ0n) is 12.6. The van der Waals surface area contributed by atoms with Crippen LogP contribution in [0.5, 0.6) is 0 Å². The fourth-order valence-electron chi connectivity index (χ4n) is 2.74. The van der Waals surface area contributed by atoms with Gasteiger partial charge in [0, 0.05) is 13.3 Å². The number of carbonyl (C=O) groups is 2. The van der Waals surface area contributed by atoms with E-state index in [0.29, 0.717) is 6.42 Å². The number of rotatable bonds is 4. The largest absolute Gasteiger partial charge is 0.390 e. The molecule has 114 valence electrons. The van der Waals surface area contributed by atoms with E-state index in [0.717, 1.165) is 11.1 Å². The Bertz CT molecular complexity index is 542. The Balaban J connectivity index is 2.13. The van der Waals surface area contributed by atoms with Gasteiger partial charge in [-0.25, -0.2) is 0 Å². The normalized spacial score (nSPS) is 21.8. The molecule has 0 spiro atoms. The minimum Gasteiger partial charge on any atom is -0.390 e. The minimum atomic E-state index is -0.628. The predicted octanol–water partition coefficient (Wildman–Crippen LogP) is 0.922. The molecule has 5 nitrogen and oxygen atoms in total. The number of carbonyl (C=O) groups excluding carboxylic acids is 2. The van der Waals surface area contributed by atoms with Crippen LogP contribution >= 0.6 is 0 Å². The van der Waals surface area contributed by atoms with Crippen molar-refractivity contribution in [2.45, 2.75) is 45.4 Å². The number of amides is 2. The number of benzene rings is 1. The van der Waals surface area contributed by atoms with Crippen molar-refractivity contribution in [2.24, 2.45) is 5.92 Å². The second kappa shape index (κ2) is 6.26. The highest BCUT2D eigenvalue weighted by Gasteiger charge is 2.34. The van der Waals surface area contributed by atoms with Crippen molar-refractivity contribution in [3.05, 3.63) is 35.4 Å². The molecule has 1 aromatic rings. The first-order chi connectivity index (χ1) is 9.90. The molecule has 1 aliphatic carbocycles. The highest BCUT2D eigenvalue weighted by Crippen LogP contribution is 2.31. The molecule has 0 aromatic heterocycles. The van der Waals surface area contributed by atoms with Gasteiger partial charge in [-0.05, 0) is 17.0 Å². The number of fused-ring (bicyclic) bond motifs is 1. The van der Waals surface area contributed by atoms with Crippen LogP contribution < -0.4 is 10.6 Å². The summed E-state index contributed by atoms with van der Waals surface area (Å²) in [6, 6.07) is 6.68. The van der Waals surface area contributed by atoms with E-state index < -0.39 is 18.2 Å². The third-order valence-electron chi connectivity index (χ3n) is 3.81. The Morgan fingerprint density at radius 3 is 2.57 bits per heavy atom. The molecule has 0 heterocycles. The summed E-state index contributed by atoms with van der Waals surface area (Å²) in [4.78, 5) is 23.6. The number of hydrogen-bond donors (Lipinski definition) is 3. The Hall–Kier alpha value is -1.88. The lowest BCUT2D eigenvalue weighted by Crippen LogP contribution is -2.50. The summed E-state index contributed by atoms with van der Waals surface area (Å²) >= 11 is 0. The van der Waals surface area contributed by atoms with E-state index in [4.69, 9.17) is 0 Å². The van der Waals surface area contributed by atoms with E-state index in [1.807, 2.05) is 38.1 Å². The maximum atomic E-state index is 12.4. The summed E-state index contributed by atoms with van der Waals surface area (Å²) in [7, 11) is 0. The third kappa shape index (κ3) is 3.42. The van der Waals surface area contributed by atoms with Gasteiger partial charge in [-0.1, -0.05) is 38.1 Å². The molecule has 0 fully saturated rings. The lowest BCUT2D eigenvalue weighted by Gasteiger charge is -2.25. The Morgan fingerprint density at radius 2 is 1.95 bits per heavy atom. The molecule has 2 amide bonds. The fraction of sp³-hybridized carbons (Fsp3) is 0.500. The Morgan fingerprint density at radius 1 is 1.29 bits per heavy atom. The van der Waals surface area contributed by atoms with Gasteiger partial charge in [0.2, 0.25) is 11.8 Å². The maximum Gasteiger partial charge on any atom is 0.243 e. The van der Waals surface area contributed by atoms with Crippen LogP contribution in [0.1, 0.15) is 37.9 Å². The van der Waals surface area contributed by atoms with Gasteiger partial charge in [-0.2, -0.15) is 0 Å². The molecule has 1 aromatic carbocycles. The molecule has 1 aliphatic rings. The van der Waals surface area contributed by atoms with Crippen LogP contribution in [0.25, 0.3) is 0 Å². The molecule has 2 rings (SSSR count). The summed E-state index contributed by atoms with van der Waals surface area (Å²) in [6.07, 6.45) is -0.0929. The number of hydrogen-bond acceptors (Lipinski definition) is 3. The van der Waals surface area contributed by atoms with E-state index in [1.54, 1.807) is 0 Å². The van der Waals surface area contributed by atoms with Crippen LogP contribution in [0.4, 0.5) is 0 Å². The molecular formula is C16H22N2O3. The van der Waals surface area contributed by atoms with E-state index in [1.165, 1.54) is 6.92 Å². The number of aliphatic hydroxyl groups is 1. The minimum absolute atomic E-state index is 0.0253. The fourth-order valence-corrected chi connectivity index (χ4v) is 2.74. The van der Waals surface area contributed by atoms with Crippen LogP contribution in [0.3, 0.4) is 0 Å². The standard InChI is InChI=1S/C16H22N2O3/c1-9(2)14(17-10(3)19)16(21)18-15-12-7-5-4-6-11(12)8-13(15)20/h4-7,9,13-15,20H,8H2,1-3H3,(H,17,19)(H,18,21). The van der Waals surface area contributed by atoms with Gasteiger partial charge in [-0.15, -0.1) is 0 Å². The third-order valence-corrected chi connectivity index (χ3v) is 3.81. The molecule has 0 saturated heterocycles. The molecule has 0 saturated carbocycles. The Kier molecular flexibility index (Phi) is 4.63. The monoisotopic (exact) mass is 290 g/mol. The van der Waals surface area contributed by atoms with Gasteiger partial charge in [0.15, 0.2) is 0 Å². The SMILES string of the molecule is CC(=O)NC(C(=O)NC1c2ccccc2CC1O)C(C)C. The Labute approximate surface area is 124 Å². The van der Waals surface area contributed by atoms with Crippen molar-refractivity contribution in [2.75, 3.05) is 0 Å². The highest BCUT2D eigenvalue weighted by molar-refractivity contribution is 5.87. The molecule has 3 atom stereocenters. The second-order valence-electron chi connectivity index (χ2n) is 5.88. The summed E-state index contributed by atoms with van der Waals surface area (Å²) in [5.41, 5.74) is 2.00. The van der Waals surface area contributed by atoms with Gasteiger partial charge in [0.1, 0.15) is 6.04 Å². The molecule has 21 heavy (non-hydrogen) atoms. The quantitative estimate of drug-likeness (QED) is 0.771. The lowest BCUT2D eigenvalue weighted by atomic mass is 10.0. The predicted molar refractivity (Wildman–Crippen MR) is 79.5 cm³/mol. The molecule has 3 unspecified atom stereocenters. The average molecular weight is 290 g/mol. The van der Waals surface area contributed by atoms with E-state index in [9.17, 15) is 14.7 Å². The zero-order chi connectivity index (χ0) is 15.6. The van der Waals surface area contributed by atoms with E-state index in [-0.39, 0.29) is 17.7 Å². The van der Waals surface area contributed by atoms with Gasteiger partial charge in [-0.3, -0.25) is 9.59 Å². The first kappa shape index (κ1) is 15.5. The van der Waals surface area contributed by atoms with Gasteiger partial charge in [0.05, 0.1) is 12.1 Å². The van der Waals surface area contributed by atoms with Gasteiger partial charge >= 0.3 is 0 Å². The zero-order valence-corrected chi connectivity index (χ0v) is 12.6. The maximum absolute atomic E-state index is 12.4. The van der Waals surface area contributed by atoms with Gasteiger partial charge < -0.3 is 15.7 Å². The second-order valence-corrected chi connectivity index (χ2v) is 5.88. The van der Waals surface area contributed by atoms with Crippen LogP contribution in [0.15, 0.2) is 24.3 Å². The summed E-state index contributed by atoms with van der Waals surface area (Å²) in [5.74, 6) is -0.528. The van der Waals surface area contributed by atoms with Crippen molar-refractivity contribution < 1.29 is 14.7 Å². The van der Waals surface area contributed by atoms with Crippen LogP contribution in [-0.2, 0) is 16.0 Å². The first-order valence-corrected chi connectivity index (χ1v) is 7.23. The number of nitrogens with one attached hydrogen (secondary N) is 2. The first-order valence-electron chi connectivity index (χ1n) is 7.23. The van der Waals surface area contributed by atoms with Gasteiger partial charge in [0.25, 0.3) is 0 Å². The smallest absolute Gasteiger partial charge is 0.243 e. The van der Waals surface area contributed by atoms with Crippen molar-refractivity contribution in [1.82, 2.24) is 10.6 Å². The molecule has 3 N–H and O–H groups in total. The average Bonchev–Trinajstić information content (AvgIpc) is 2.72. The highest BCUT2D eigenvalue weighted by atomic mass is 16.3. The summed E-state index contributed by atoms with van der Waals surface area (Å²) in [6.45, 7) is 5.14. The van der Waals surface area contributed by atoms with E-state index >= 15 is 0 Å². The summed E-state index contributed by atoms with van der Waals surface area (Å²) in [5, 5.41) is 15.7. The van der Waals surface area contributed by atoms with Crippen molar-refractivity contribution >= 4 is 11.8 Å². The van der Waals surface area contributed by atoms with Crippen molar-refractivity contribution in [3.63, 3.8) is 0 Å². The van der Waals surface area contributed by atoms with Crippen molar-refractivity contribution in [1.29, 1.82) is 0 Å². The number of aliphatic hydroxyl groups excluding tert-OH is 1. The topological polar surface area (TPSA) is 78.4 Å². The lowest BCUT2D eigenvalue weighted by molar-refractivity contribution is -0.130. The van der Waals surface area contributed by atoms with E-state index in [2.05, 4.69) is 10.6 Å². The summed E-state index contributed by atoms with van der Waals surface area (Å²) < 4.78 is 0. The molecular weight excluding hydrogens is 268 g/mol. The van der Waals surface area contributed by atoms with Crippen LogP contribution in [0.2, 0.25) is 0 Å². The van der Waals surface area contributed by atoms with Crippen molar-refractivity contribution in [3.8, 4) is 0 Å². The molecule has 0 radical (unpaired) electrons. The molecule has 5 heteroatoms. The van der Waals surface area contributed by atoms with Crippen LogP contribution in [-0.4, -0.2) is 29.1 Å². The van der Waals surface area contributed by atoms with Crippen LogP contribution in [0, 0.1) is 5.92 Å². The molecule has 0 aliphatic heterocycles. The molecule has 0 bridgehead atoms.